The number of hydrogen-bond acceptors (Lipinski definition) is 2. The predicted octanol–water partition coefficient (Wildman–Crippen LogP) is 3.37. The third-order valence-electron chi connectivity index (χ3n) is 3.95. The average molecular weight is 294 g/mol. The van der Waals surface area contributed by atoms with Crippen molar-refractivity contribution in [3.05, 3.63) is 35.1 Å². The number of amides is 1. The molecule has 0 spiro atoms. The van der Waals surface area contributed by atoms with Gasteiger partial charge in [-0.2, -0.15) is 0 Å². The largest absolute Gasteiger partial charge is 0.347 e. The topological polar surface area (TPSA) is 32.3 Å². The van der Waals surface area contributed by atoms with Crippen LogP contribution in [-0.2, 0) is 0 Å². The number of nitrogens with one attached hydrogen (secondary N) is 1. The van der Waals surface area contributed by atoms with E-state index in [0.29, 0.717) is 5.56 Å². The quantitative estimate of drug-likeness (QED) is 0.907. The fourth-order valence-electron chi connectivity index (χ4n) is 2.49. The average Bonchev–Trinajstić information content (AvgIpc) is 2.44. The molecule has 1 aliphatic rings. The van der Waals surface area contributed by atoms with Crippen molar-refractivity contribution in [2.45, 2.75) is 46.1 Å². The highest BCUT2D eigenvalue weighted by Gasteiger charge is 2.31. The van der Waals surface area contributed by atoms with Crippen LogP contribution in [0.15, 0.2) is 18.2 Å². The number of aryl methyl sites for hydroxylation is 1. The molecule has 1 amide bonds. The Morgan fingerprint density at radius 2 is 1.86 bits per heavy atom. The maximum atomic E-state index is 13.8. The molecule has 0 saturated carbocycles. The van der Waals surface area contributed by atoms with Crippen LogP contribution in [0.4, 0.5) is 4.39 Å². The standard InChI is InChI=1S/C15H21FN2O.C2H6/c1-11-5-4-6-12(16)13(11)14(19)17-15(2)7-9-18(3)10-8-15;1-2/h4-6H,7-10H2,1-3H3,(H,17,19);1-2H3. The Kier molecular flexibility index (Phi) is 6.34. The summed E-state index contributed by atoms with van der Waals surface area (Å²) >= 11 is 0. The lowest BCUT2D eigenvalue weighted by molar-refractivity contribution is 0.0847. The van der Waals surface area contributed by atoms with E-state index >= 15 is 0 Å². The van der Waals surface area contributed by atoms with Crippen molar-refractivity contribution in [3.8, 4) is 0 Å². The van der Waals surface area contributed by atoms with Gasteiger partial charge in [0.1, 0.15) is 5.82 Å². The van der Waals surface area contributed by atoms with E-state index in [1.54, 1.807) is 19.1 Å². The van der Waals surface area contributed by atoms with Crippen LogP contribution in [0.3, 0.4) is 0 Å². The molecule has 0 radical (unpaired) electrons. The third kappa shape index (κ3) is 4.53. The first kappa shape index (κ1) is 17.6. The first-order valence-corrected chi connectivity index (χ1v) is 7.67. The normalized spacial score (nSPS) is 17.6. The van der Waals surface area contributed by atoms with Gasteiger partial charge in [-0.3, -0.25) is 4.79 Å². The van der Waals surface area contributed by atoms with Gasteiger partial charge in [-0.1, -0.05) is 26.0 Å². The van der Waals surface area contributed by atoms with Crippen molar-refractivity contribution in [3.63, 3.8) is 0 Å². The summed E-state index contributed by atoms with van der Waals surface area (Å²) in [6.45, 7) is 9.70. The molecule has 1 aliphatic heterocycles. The first-order chi connectivity index (χ1) is 9.91. The van der Waals surface area contributed by atoms with Gasteiger partial charge in [-0.05, 0) is 45.4 Å². The molecule has 118 valence electrons. The van der Waals surface area contributed by atoms with E-state index < -0.39 is 5.82 Å². The van der Waals surface area contributed by atoms with Crippen LogP contribution in [0.5, 0.6) is 0 Å². The molecule has 4 heteroatoms. The lowest BCUT2D eigenvalue weighted by Crippen LogP contribution is -2.52. The number of hydrogen-bond donors (Lipinski definition) is 1. The summed E-state index contributed by atoms with van der Waals surface area (Å²) in [5.74, 6) is -0.753. The second-order valence-corrected chi connectivity index (χ2v) is 5.75. The van der Waals surface area contributed by atoms with Crippen LogP contribution in [-0.4, -0.2) is 36.5 Å². The molecular weight excluding hydrogens is 267 g/mol. The Hall–Kier alpha value is -1.42. The summed E-state index contributed by atoms with van der Waals surface area (Å²) in [5, 5.41) is 3.01. The monoisotopic (exact) mass is 294 g/mol. The van der Waals surface area contributed by atoms with Gasteiger partial charge >= 0.3 is 0 Å². The van der Waals surface area contributed by atoms with Crippen LogP contribution < -0.4 is 5.32 Å². The summed E-state index contributed by atoms with van der Waals surface area (Å²) in [4.78, 5) is 14.5. The van der Waals surface area contributed by atoms with Crippen LogP contribution >= 0.6 is 0 Å². The van der Waals surface area contributed by atoms with E-state index in [1.165, 1.54) is 6.07 Å². The summed E-state index contributed by atoms with van der Waals surface area (Å²) in [7, 11) is 2.07. The number of benzene rings is 1. The second kappa shape index (κ2) is 7.55. The SMILES string of the molecule is CC.Cc1cccc(F)c1C(=O)NC1(C)CCN(C)CC1. The Morgan fingerprint density at radius 3 is 2.38 bits per heavy atom. The van der Waals surface area contributed by atoms with Crippen LogP contribution in [0.1, 0.15) is 49.5 Å². The van der Waals surface area contributed by atoms with Crippen molar-refractivity contribution in [1.82, 2.24) is 10.2 Å². The van der Waals surface area contributed by atoms with Gasteiger partial charge < -0.3 is 10.2 Å². The zero-order valence-electron chi connectivity index (χ0n) is 13.8. The van der Waals surface area contributed by atoms with E-state index in [4.69, 9.17) is 0 Å². The minimum atomic E-state index is -0.450. The summed E-state index contributed by atoms with van der Waals surface area (Å²) in [6.07, 6.45) is 1.78. The van der Waals surface area contributed by atoms with Crippen molar-refractivity contribution < 1.29 is 9.18 Å². The number of carbonyl (C=O) groups is 1. The van der Waals surface area contributed by atoms with E-state index in [0.717, 1.165) is 25.9 Å². The Morgan fingerprint density at radius 1 is 1.29 bits per heavy atom. The molecule has 0 aromatic heterocycles. The summed E-state index contributed by atoms with van der Waals surface area (Å²) < 4.78 is 13.8. The molecule has 0 atom stereocenters. The van der Waals surface area contributed by atoms with Crippen molar-refractivity contribution in [2.24, 2.45) is 0 Å². The van der Waals surface area contributed by atoms with Crippen LogP contribution in [0, 0.1) is 12.7 Å². The van der Waals surface area contributed by atoms with E-state index in [1.807, 2.05) is 20.8 Å². The molecular formula is C17H27FN2O. The molecule has 3 nitrogen and oxygen atoms in total. The zero-order valence-corrected chi connectivity index (χ0v) is 13.8. The Bertz CT molecular complexity index is 459. The predicted molar refractivity (Wildman–Crippen MR) is 85.1 cm³/mol. The highest BCUT2D eigenvalue weighted by Crippen LogP contribution is 2.22. The van der Waals surface area contributed by atoms with Gasteiger partial charge in [0, 0.05) is 18.6 Å². The fourth-order valence-corrected chi connectivity index (χ4v) is 2.49. The Labute approximate surface area is 127 Å². The number of halogens is 1. The molecule has 1 aromatic carbocycles. The lowest BCUT2D eigenvalue weighted by Gasteiger charge is -2.38. The fraction of sp³-hybridized carbons (Fsp3) is 0.588. The molecule has 0 aliphatic carbocycles. The van der Waals surface area contributed by atoms with Gasteiger partial charge in [0.05, 0.1) is 5.56 Å². The van der Waals surface area contributed by atoms with Gasteiger partial charge in [-0.15, -0.1) is 0 Å². The second-order valence-electron chi connectivity index (χ2n) is 5.75. The highest BCUT2D eigenvalue weighted by molar-refractivity contribution is 5.96. The van der Waals surface area contributed by atoms with Gasteiger partial charge in [0.2, 0.25) is 0 Å². The maximum absolute atomic E-state index is 13.8. The molecule has 0 bridgehead atoms. The van der Waals surface area contributed by atoms with Crippen molar-refractivity contribution in [2.75, 3.05) is 20.1 Å². The molecule has 0 unspecified atom stereocenters. The third-order valence-corrected chi connectivity index (χ3v) is 3.95. The zero-order chi connectivity index (χ0) is 16.0. The van der Waals surface area contributed by atoms with Crippen molar-refractivity contribution >= 4 is 5.91 Å². The van der Waals surface area contributed by atoms with E-state index in [2.05, 4.69) is 17.3 Å². The molecule has 1 heterocycles. The molecule has 1 aromatic rings. The number of rotatable bonds is 2. The van der Waals surface area contributed by atoms with E-state index in [9.17, 15) is 9.18 Å². The summed E-state index contributed by atoms with van der Waals surface area (Å²) in [6, 6.07) is 4.71. The molecule has 1 N–H and O–H groups in total. The van der Waals surface area contributed by atoms with Gasteiger partial charge in [0.25, 0.3) is 5.91 Å². The van der Waals surface area contributed by atoms with Crippen LogP contribution in [0.25, 0.3) is 0 Å². The molecule has 2 rings (SSSR count). The minimum absolute atomic E-state index is 0.169. The number of likely N-dealkylation sites (tertiary alicyclic amines) is 1. The number of piperidine rings is 1. The summed E-state index contributed by atoms with van der Waals surface area (Å²) in [5.41, 5.74) is 0.606. The van der Waals surface area contributed by atoms with Crippen LogP contribution in [0.2, 0.25) is 0 Å². The van der Waals surface area contributed by atoms with Gasteiger partial charge in [-0.25, -0.2) is 4.39 Å². The first-order valence-electron chi connectivity index (χ1n) is 7.67. The number of nitrogens with zero attached hydrogens (tertiary/aromatic N) is 1. The smallest absolute Gasteiger partial charge is 0.254 e. The molecule has 21 heavy (non-hydrogen) atoms. The van der Waals surface area contributed by atoms with Crippen molar-refractivity contribution in [1.29, 1.82) is 0 Å². The minimum Gasteiger partial charge on any atom is -0.347 e. The Balaban J connectivity index is 0.00000106. The molecule has 1 saturated heterocycles. The van der Waals surface area contributed by atoms with E-state index in [-0.39, 0.29) is 17.0 Å². The van der Waals surface area contributed by atoms with Gasteiger partial charge in [0.15, 0.2) is 0 Å². The number of carbonyl (C=O) groups excluding carboxylic acids is 1. The maximum Gasteiger partial charge on any atom is 0.254 e. The molecule has 1 fully saturated rings. The highest BCUT2D eigenvalue weighted by atomic mass is 19.1. The lowest BCUT2D eigenvalue weighted by atomic mass is 9.89.